The first-order valence-corrected chi connectivity index (χ1v) is 39.7. The number of hydrogen-bond acceptors (Lipinski definition) is 20. The van der Waals surface area contributed by atoms with Crippen LogP contribution in [0.25, 0.3) is 0 Å². The third-order valence-corrected chi connectivity index (χ3v) is 21.5. The summed E-state index contributed by atoms with van der Waals surface area (Å²) in [6.07, 6.45) is 25.5. The molecule has 20 heteroatoms. The number of rotatable bonds is 26. The van der Waals surface area contributed by atoms with Gasteiger partial charge in [0, 0.05) is 27.6 Å². The summed E-state index contributed by atoms with van der Waals surface area (Å²) in [6.45, 7) is 29.2. The minimum Gasteiger partial charge on any atom is -0.424 e. The number of hydrogen-bond donors (Lipinski definition) is 0. The van der Waals surface area contributed by atoms with Gasteiger partial charge in [-0.05, 0) is 239 Å². The van der Waals surface area contributed by atoms with Gasteiger partial charge < -0.3 is 47.4 Å². The summed E-state index contributed by atoms with van der Waals surface area (Å²) in [7, 11) is 0. The van der Waals surface area contributed by atoms with Crippen molar-refractivity contribution in [2.24, 2.45) is 4.99 Å². The normalized spacial score (nSPS) is 10.6. The van der Waals surface area contributed by atoms with Gasteiger partial charge in [-0.15, -0.1) is 41.3 Å². The molecule has 0 aliphatic heterocycles. The van der Waals surface area contributed by atoms with Crippen molar-refractivity contribution in [2.45, 2.75) is 138 Å². The van der Waals surface area contributed by atoms with Crippen molar-refractivity contribution in [1.29, 1.82) is 26.3 Å². The van der Waals surface area contributed by atoms with Gasteiger partial charge in [0.1, 0.15) is 69.7 Å². The molecule has 13 aromatic rings. The highest BCUT2D eigenvalue weighted by atomic mass is 16.5. The third-order valence-electron chi connectivity index (χ3n) is 21.5. The van der Waals surface area contributed by atoms with Crippen molar-refractivity contribution < 1.29 is 52.2 Å². The molecule has 12 aromatic carbocycles. The third kappa shape index (κ3) is 24.5. The summed E-state index contributed by atoms with van der Waals surface area (Å²) < 4.78 is 53.1. The molecule has 0 N–H and O–H groups in total. The highest BCUT2D eigenvalue weighted by Gasteiger charge is 2.28. The Kier molecular flexibility index (Phi) is 32.0. The van der Waals surface area contributed by atoms with E-state index in [-0.39, 0.29) is 53.0 Å². The van der Waals surface area contributed by atoms with Crippen molar-refractivity contribution in [2.75, 3.05) is 0 Å². The van der Waals surface area contributed by atoms with Gasteiger partial charge in [-0.1, -0.05) is 246 Å². The van der Waals surface area contributed by atoms with Gasteiger partial charge in [0.2, 0.25) is 6.08 Å². The minimum atomic E-state index is -0.357. The Bertz CT molecular complexity index is 6010. The Hall–Kier alpha value is -16.4. The molecule has 0 bridgehead atoms. The Morgan fingerprint density at radius 2 is 0.556 bits per heavy atom. The summed E-state index contributed by atoms with van der Waals surface area (Å²) in [5, 5.41) is 42.9. The second kappa shape index (κ2) is 43.2. The summed E-state index contributed by atoms with van der Waals surface area (Å²) in [6, 6.07) is 85.0. The Morgan fingerprint density at radius 3 is 0.810 bits per heavy atom. The number of aliphatic imine (C=N–C) groups is 1. The average molecular weight is 1670 g/mol. The van der Waals surface area contributed by atoms with Crippen LogP contribution in [0.3, 0.4) is 0 Å². The molecule has 20 nitrogen and oxygen atoms in total. The second-order valence-corrected chi connectivity index (χ2v) is 31.3. The van der Waals surface area contributed by atoms with Crippen molar-refractivity contribution in [3.8, 4) is 132 Å². The van der Waals surface area contributed by atoms with Crippen LogP contribution in [0, 0.1) is 117 Å². The van der Waals surface area contributed by atoms with Crippen LogP contribution in [0.2, 0.25) is 0 Å². The lowest BCUT2D eigenvalue weighted by Crippen LogP contribution is -2.18. The highest BCUT2D eigenvalue weighted by Crippen LogP contribution is 2.40. The maximum absolute atomic E-state index is 10.7. The summed E-state index contributed by atoms with van der Waals surface area (Å²) in [5.41, 5.74) is 18.0. The molecule has 0 amide bonds. The molecule has 0 saturated heterocycles. The van der Waals surface area contributed by atoms with E-state index >= 15 is 0 Å². The number of nitrogens with zero attached hydrogens (tertiary/aromatic N) is 9. The first-order valence-electron chi connectivity index (χ1n) is 39.7. The van der Waals surface area contributed by atoms with Crippen LogP contribution in [0.1, 0.15) is 170 Å². The van der Waals surface area contributed by atoms with Crippen LogP contribution < -0.4 is 47.4 Å². The number of benzene rings is 12. The van der Waals surface area contributed by atoms with E-state index in [2.05, 4.69) is 150 Å². The second-order valence-electron chi connectivity index (χ2n) is 31.3. The van der Waals surface area contributed by atoms with Gasteiger partial charge in [0.05, 0.1) is 5.69 Å². The lowest BCUT2D eigenvalue weighted by atomic mass is 9.78. The summed E-state index contributed by atoms with van der Waals surface area (Å²) in [4.78, 5) is 28.0. The lowest BCUT2D eigenvalue weighted by Gasteiger charge is -2.26. The van der Waals surface area contributed by atoms with Gasteiger partial charge in [-0.2, -0.15) is 4.99 Å². The molecule has 0 atom stereocenters. The largest absolute Gasteiger partial charge is 0.424 e. The number of aromatic nitrogens is 3. The molecule has 1 aromatic heterocycles. The van der Waals surface area contributed by atoms with E-state index in [1.807, 2.05) is 185 Å². The van der Waals surface area contributed by atoms with Crippen LogP contribution >= 0.6 is 0 Å². The number of isocyanates is 1. The zero-order chi connectivity index (χ0) is 89.9. The number of terminal acetylenes is 2. The SMILES string of the molecule is C.C#COc1c(C)cc(Cc2cc(C)c(OC#N)c(C)c2)cc1C.C#COc1ccc(C(C)(C)c2ccc(OC#N)cc2)cc1.CC(c1ccc(OC#N)cc1)c1ccc(OC#N)cc1.Cc1ccc(C(C)(C)c2ccc(Oc3nc(Oc4ccc(C(C)(C)c5ccc(N=C=O)cc5)cc4)nc(Oc4ccc(C(C)(C)c5ccc(OC#N)cc5)cc4)n3)cc2)cc1. The first kappa shape index (κ1) is 93.5. The maximum Gasteiger partial charge on any atom is 0.331 e. The molecule has 1 heterocycles. The van der Waals surface area contributed by atoms with Crippen molar-refractivity contribution in [1.82, 2.24) is 15.0 Å². The molecule has 0 radical (unpaired) electrons. The van der Waals surface area contributed by atoms with Crippen LogP contribution in [-0.2, 0) is 32.9 Å². The average Bonchev–Trinajstić information content (AvgIpc) is 0.803. The zero-order valence-corrected chi connectivity index (χ0v) is 71.9. The van der Waals surface area contributed by atoms with Crippen molar-refractivity contribution in [3.05, 3.63) is 361 Å². The number of aryl methyl sites for hydroxylation is 5. The number of carbonyl (C=O) groups excluding carboxylic acids is 1. The fourth-order valence-corrected chi connectivity index (χ4v) is 14.1. The molecule has 126 heavy (non-hydrogen) atoms. The zero-order valence-electron chi connectivity index (χ0n) is 71.9. The molecule has 0 unspecified atom stereocenters. The number of nitriles is 5. The van der Waals surface area contributed by atoms with Gasteiger partial charge in [-0.25, -0.2) is 4.79 Å². The predicted molar refractivity (Wildman–Crippen MR) is 485 cm³/mol. The van der Waals surface area contributed by atoms with Crippen LogP contribution in [0.4, 0.5) is 5.69 Å². The van der Waals surface area contributed by atoms with E-state index < -0.39 is 0 Å². The van der Waals surface area contributed by atoms with Crippen LogP contribution in [0.15, 0.2) is 272 Å². The molecular formula is C106H95N9O11. The van der Waals surface area contributed by atoms with E-state index in [9.17, 15) is 4.79 Å². The van der Waals surface area contributed by atoms with Gasteiger partial charge in [0.15, 0.2) is 0 Å². The molecule has 0 aliphatic rings. The summed E-state index contributed by atoms with van der Waals surface area (Å²) >= 11 is 0. The molecule has 0 aliphatic carbocycles. The molecule has 13 rings (SSSR count). The molecule has 0 spiro atoms. The predicted octanol–water partition coefficient (Wildman–Crippen LogP) is 24.7. The Morgan fingerprint density at radius 1 is 0.325 bits per heavy atom. The lowest BCUT2D eigenvalue weighted by molar-refractivity contribution is 0.362. The van der Waals surface area contributed by atoms with Crippen molar-refractivity contribution in [3.63, 3.8) is 0 Å². The fourth-order valence-electron chi connectivity index (χ4n) is 14.1. The highest BCUT2D eigenvalue weighted by molar-refractivity contribution is 5.54. The fraction of sp³-hybridized carbons (Fsp3) is 0.198. The van der Waals surface area contributed by atoms with E-state index in [4.69, 9.17) is 86.5 Å². The van der Waals surface area contributed by atoms with E-state index in [0.29, 0.717) is 57.4 Å². The monoisotopic (exact) mass is 1670 g/mol. The topological polar surface area (TPSA) is 279 Å². The molecular weight excluding hydrogens is 1580 g/mol. The summed E-state index contributed by atoms with van der Waals surface area (Å²) in [5.74, 6) is 5.85. The van der Waals surface area contributed by atoms with E-state index in [1.54, 1.807) is 98.0 Å². The first-order chi connectivity index (χ1) is 60.0. The van der Waals surface area contributed by atoms with Crippen molar-refractivity contribution >= 4 is 11.8 Å². The minimum absolute atomic E-state index is 0. The van der Waals surface area contributed by atoms with Crippen LogP contribution in [0.5, 0.6) is 75.5 Å². The Balaban J connectivity index is 0.000000224. The smallest absolute Gasteiger partial charge is 0.331 e. The standard InChI is InChI=1S/C51H45N5O5.C20H19NO2.C18H15NO2.C16H12N2O2.CH4/c1-34-8-10-35(11-9-34)49(2,3)38-16-26-43(27-17-38)59-46-54-47(60-44-28-18-39(19-29-44)50(4,5)36-12-22-41(23-13-36)53-33-57)56-48(55-46)61-45-30-20-40(21-31-45)51(6,7)37-14-24-42(25-15-37)58-32-52;1-6-22-19-13(2)7-17(8-14(19)3)11-18-9-15(4)20(23-12-21)16(5)10-18;1-4-20-16-9-5-14(6-10-16)18(2,3)15-7-11-17(12-8-15)21-13-19;1-12(13-2-6-15(7-3-13)19-10-17)14-4-8-16(9-5-14)20-11-18;/h8-31H,1-7H3;1,7-10H,11H2,2-5H3;1,5-12H,2-3H3;2-9,12H,1H3;1H4. The Labute approximate surface area is 737 Å². The molecule has 630 valence electrons. The van der Waals surface area contributed by atoms with Gasteiger partial charge in [0.25, 0.3) is 31.3 Å². The maximum atomic E-state index is 10.7. The molecule has 0 saturated carbocycles. The van der Waals surface area contributed by atoms with Gasteiger partial charge in [-0.3, -0.25) is 0 Å². The van der Waals surface area contributed by atoms with Crippen LogP contribution in [-0.4, -0.2) is 21.0 Å². The van der Waals surface area contributed by atoms with E-state index in [1.165, 1.54) is 22.3 Å². The van der Waals surface area contributed by atoms with Gasteiger partial charge >= 0.3 is 18.0 Å². The van der Waals surface area contributed by atoms with E-state index in [0.717, 1.165) is 84.5 Å². The molecule has 0 fully saturated rings. The quantitative estimate of drug-likeness (QED) is 0.0211. The number of ether oxygens (including phenoxy) is 10.